The minimum atomic E-state index is -4.44. The second-order valence-corrected chi connectivity index (χ2v) is 5.56. The normalized spacial score (nSPS) is 11.4. The fourth-order valence-corrected chi connectivity index (χ4v) is 2.44. The third kappa shape index (κ3) is 3.58. The largest absolute Gasteiger partial charge is 0.416 e. The molecule has 26 heavy (non-hydrogen) atoms. The zero-order chi connectivity index (χ0) is 18.9. The van der Waals surface area contributed by atoms with E-state index in [0.29, 0.717) is 11.4 Å². The molecule has 0 aliphatic carbocycles. The van der Waals surface area contributed by atoms with Crippen LogP contribution < -0.4 is 5.32 Å². The number of rotatable bonds is 3. The number of nitrogens with zero attached hydrogens (tertiary/aromatic N) is 2. The lowest BCUT2D eigenvalue weighted by molar-refractivity contribution is -0.137. The first kappa shape index (κ1) is 17.7. The van der Waals surface area contributed by atoms with Gasteiger partial charge in [0.2, 0.25) is 0 Å². The molecule has 3 rings (SSSR count). The number of benzene rings is 2. The summed E-state index contributed by atoms with van der Waals surface area (Å²) in [5.74, 6) is -0.960. The maximum absolute atomic E-state index is 13.4. The van der Waals surface area contributed by atoms with Gasteiger partial charge in [-0.15, -0.1) is 0 Å². The Labute approximate surface area is 146 Å². The molecule has 4 nitrogen and oxygen atoms in total. The van der Waals surface area contributed by atoms with Crippen molar-refractivity contribution in [2.24, 2.45) is 0 Å². The second kappa shape index (κ2) is 6.62. The lowest BCUT2D eigenvalue weighted by Gasteiger charge is -2.09. The third-order valence-corrected chi connectivity index (χ3v) is 3.78. The first-order chi connectivity index (χ1) is 12.3. The third-order valence-electron chi connectivity index (χ3n) is 3.78. The first-order valence-electron chi connectivity index (χ1n) is 7.55. The Kier molecular flexibility index (Phi) is 4.50. The molecule has 0 aliphatic heterocycles. The number of carbonyl (C=O) groups excluding carboxylic acids is 1. The summed E-state index contributed by atoms with van der Waals surface area (Å²) in [5, 5.41) is 6.60. The maximum Gasteiger partial charge on any atom is 0.416 e. The lowest BCUT2D eigenvalue weighted by atomic mass is 10.2. The minimum Gasteiger partial charge on any atom is -0.322 e. The fourth-order valence-electron chi connectivity index (χ4n) is 2.44. The Hall–Kier alpha value is -3.16. The number of hydrogen-bond donors (Lipinski definition) is 1. The Morgan fingerprint density at radius 3 is 2.42 bits per heavy atom. The average Bonchev–Trinajstić information content (AvgIpc) is 2.96. The topological polar surface area (TPSA) is 46.9 Å². The van der Waals surface area contributed by atoms with Crippen molar-refractivity contribution >= 4 is 11.6 Å². The number of aromatic nitrogens is 2. The van der Waals surface area contributed by atoms with E-state index in [1.165, 1.54) is 41.2 Å². The zero-order valence-corrected chi connectivity index (χ0v) is 13.5. The summed E-state index contributed by atoms with van der Waals surface area (Å²) in [5.41, 5.74) is 0.580. The summed E-state index contributed by atoms with van der Waals surface area (Å²) in [4.78, 5) is 12.4. The highest BCUT2D eigenvalue weighted by Crippen LogP contribution is 2.30. The van der Waals surface area contributed by atoms with E-state index in [9.17, 15) is 22.4 Å². The van der Waals surface area contributed by atoms with Crippen LogP contribution in [-0.4, -0.2) is 15.7 Å². The summed E-state index contributed by atoms with van der Waals surface area (Å²) in [6, 6.07) is 9.85. The molecule has 1 amide bonds. The van der Waals surface area contributed by atoms with Crippen LogP contribution in [0.15, 0.2) is 54.7 Å². The van der Waals surface area contributed by atoms with Crippen molar-refractivity contribution in [3.8, 4) is 5.69 Å². The van der Waals surface area contributed by atoms with Crippen LogP contribution in [0.3, 0.4) is 0 Å². The molecule has 0 saturated heterocycles. The number of amides is 1. The van der Waals surface area contributed by atoms with Gasteiger partial charge in [0, 0.05) is 5.69 Å². The molecular weight excluding hydrogens is 350 g/mol. The van der Waals surface area contributed by atoms with E-state index < -0.39 is 23.5 Å². The van der Waals surface area contributed by atoms with Gasteiger partial charge in [-0.25, -0.2) is 9.07 Å². The molecule has 0 bridgehead atoms. The number of carbonyl (C=O) groups is 1. The number of alkyl halides is 3. The molecule has 0 unspecified atom stereocenters. The molecule has 0 radical (unpaired) electrons. The van der Waals surface area contributed by atoms with Crippen molar-refractivity contribution in [3.05, 3.63) is 77.4 Å². The molecule has 0 spiro atoms. The number of anilines is 1. The van der Waals surface area contributed by atoms with Gasteiger partial charge in [0.05, 0.1) is 28.7 Å². The van der Waals surface area contributed by atoms with Gasteiger partial charge in [0.25, 0.3) is 5.91 Å². The van der Waals surface area contributed by atoms with E-state index in [4.69, 9.17) is 0 Å². The molecule has 0 fully saturated rings. The van der Waals surface area contributed by atoms with E-state index in [0.717, 1.165) is 12.1 Å². The van der Waals surface area contributed by atoms with Crippen LogP contribution in [0.4, 0.5) is 23.2 Å². The van der Waals surface area contributed by atoms with Crippen LogP contribution in [-0.2, 0) is 6.18 Å². The molecule has 1 N–H and O–H groups in total. The van der Waals surface area contributed by atoms with Crippen molar-refractivity contribution in [2.45, 2.75) is 13.1 Å². The summed E-state index contributed by atoms with van der Waals surface area (Å²) in [7, 11) is 0. The Morgan fingerprint density at radius 1 is 1.12 bits per heavy atom. The highest BCUT2D eigenvalue weighted by Gasteiger charge is 2.30. The van der Waals surface area contributed by atoms with E-state index in [-0.39, 0.29) is 11.3 Å². The predicted octanol–water partition coefficient (Wildman–Crippen LogP) is 4.59. The second-order valence-electron chi connectivity index (χ2n) is 5.56. The number of nitrogens with one attached hydrogen (secondary N) is 1. The molecule has 3 aromatic rings. The van der Waals surface area contributed by atoms with E-state index >= 15 is 0 Å². The van der Waals surface area contributed by atoms with Crippen LogP contribution in [0.1, 0.15) is 21.6 Å². The van der Waals surface area contributed by atoms with Crippen molar-refractivity contribution < 1.29 is 22.4 Å². The number of halogens is 4. The minimum absolute atomic E-state index is 0.223. The highest BCUT2D eigenvalue weighted by molar-refractivity contribution is 6.05. The van der Waals surface area contributed by atoms with E-state index in [1.54, 1.807) is 13.0 Å². The van der Waals surface area contributed by atoms with Crippen LogP contribution in [0, 0.1) is 12.7 Å². The van der Waals surface area contributed by atoms with E-state index in [1.807, 2.05) is 0 Å². The quantitative estimate of drug-likeness (QED) is 0.692. The van der Waals surface area contributed by atoms with Crippen molar-refractivity contribution in [1.29, 1.82) is 0 Å². The molecule has 8 heteroatoms. The SMILES string of the molecule is Cc1c(C(=O)Nc2ccc(C(F)(F)F)cc2)cnn1-c1cccc(F)c1. The predicted molar refractivity (Wildman–Crippen MR) is 87.7 cm³/mol. The summed E-state index contributed by atoms with van der Waals surface area (Å²) >= 11 is 0. The van der Waals surface area contributed by atoms with Crippen molar-refractivity contribution in [2.75, 3.05) is 5.32 Å². The van der Waals surface area contributed by atoms with Crippen LogP contribution >= 0.6 is 0 Å². The van der Waals surface area contributed by atoms with Crippen molar-refractivity contribution in [1.82, 2.24) is 9.78 Å². The Morgan fingerprint density at radius 2 is 1.81 bits per heavy atom. The highest BCUT2D eigenvalue weighted by atomic mass is 19.4. The summed E-state index contributed by atoms with van der Waals surface area (Å²) in [6.07, 6.45) is -3.12. The van der Waals surface area contributed by atoms with Crippen LogP contribution in [0.5, 0.6) is 0 Å². The average molecular weight is 363 g/mol. The van der Waals surface area contributed by atoms with Crippen LogP contribution in [0.25, 0.3) is 5.69 Å². The Balaban J connectivity index is 1.81. The maximum atomic E-state index is 13.4. The standard InChI is InChI=1S/C18H13F4N3O/c1-11-16(10-23-25(11)15-4-2-3-13(19)9-15)17(26)24-14-7-5-12(6-8-14)18(20,21)22/h2-10H,1H3,(H,24,26). The van der Waals surface area contributed by atoms with Gasteiger partial charge in [-0.1, -0.05) is 6.07 Å². The Bertz CT molecular complexity index is 946. The van der Waals surface area contributed by atoms with Crippen molar-refractivity contribution in [3.63, 3.8) is 0 Å². The van der Waals surface area contributed by atoms with E-state index in [2.05, 4.69) is 10.4 Å². The molecule has 0 saturated carbocycles. The van der Waals surface area contributed by atoms with Crippen LogP contribution in [0.2, 0.25) is 0 Å². The molecule has 0 aliphatic rings. The smallest absolute Gasteiger partial charge is 0.322 e. The van der Waals surface area contributed by atoms with Gasteiger partial charge in [-0.3, -0.25) is 4.79 Å². The van der Waals surface area contributed by atoms with Gasteiger partial charge in [0.15, 0.2) is 0 Å². The molecular formula is C18H13F4N3O. The van der Waals surface area contributed by atoms with Gasteiger partial charge < -0.3 is 5.32 Å². The molecule has 134 valence electrons. The molecule has 1 heterocycles. The molecule has 1 aromatic heterocycles. The number of hydrogen-bond acceptors (Lipinski definition) is 2. The molecule has 2 aromatic carbocycles. The fraction of sp³-hybridized carbons (Fsp3) is 0.111. The van der Waals surface area contributed by atoms with Gasteiger partial charge in [-0.05, 0) is 49.4 Å². The summed E-state index contributed by atoms with van der Waals surface area (Å²) < 4.78 is 52.5. The van der Waals surface area contributed by atoms with Gasteiger partial charge >= 0.3 is 6.18 Å². The summed E-state index contributed by atoms with van der Waals surface area (Å²) in [6.45, 7) is 1.64. The molecule has 0 atom stereocenters. The lowest BCUT2D eigenvalue weighted by Crippen LogP contribution is -2.13. The first-order valence-corrected chi connectivity index (χ1v) is 7.55. The zero-order valence-electron chi connectivity index (χ0n) is 13.5. The monoisotopic (exact) mass is 363 g/mol. The van der Waals surface area contributed by atoms with Gasteiger partial charge in [0.1, 0.15) is 5.82 Å². The van der Waals surface area contributed by atoms with Gasteiger partial charge in [-0.2, -0.15) is 18.3 Å².